The molecule has 2 atom stereocenters. The third-order valence-electron chi connectivity index (χ3n) is 3.97. The van der Waals surface area contributed by atoms with Gasteiger partial charge in [-0.1, -0.05) is 0 Å². The number of hydrogen-bond donors (Lipinski definition) is 0. The van der Waals surface area contributed by atoms with Crippen LogP contribution in [0.15, 0.2) is 45.6 Å². The van der Waals surface area contributed by atoms with Gasteiger partial charge in [-0.05, 0) is 38.1 Å². The Hall–Kier alpha value is -2.50. The minimum atomic E-state index is -0.144. The summed E-state index contributed by atoms with van der Waals surface area (Å²) in [6, 6.07) is 6.51. The van der Waals surface area contributed by atoms with E-state index in [1.165, 1.54) is 12.5 Å². The van der Waals surface area contributed by atoms with Crippen molar-refractivity contribution in [2.75, 3.05) is 13.1 Å². The van der Waals surface area contributed by atoms with Crippen LogP contribution in [0.4, 0.5) is 0 Å². The highest BCUT2D eigenvalue weighted by atomic mass is 16.3. The summed E-state index contributed by atoms with van der Waals surface area (Å²) in [4.78, 5) is 28.4. The van der Waals surface area contributed by atoms with Crippen molar-refractivity contribution in [3.8, 4) is 0 Å². The van der Waals surface area contributed by atoms with E-state index < -0.39 is 0 Å². The van der Waals surface area contributed by atoms with Gasteiger partial charge in [-0.25, -0.2) is 0 Å². The first-order chi connectivity index (χ1) is 10.6. The standard InChI is InChI=1S/C16H18N2O4/c1-11-9-18(16(20)14-6-4-8-22-14)12(2)10-17(11)15(19)13-5-3-7-21-13/h3-8,11-12H,9-10H2,1-2H3/t11-,12-/m0/s1. The SMILES string of the molecule is C[C@H]1CN(C(=O)c2ccco2)[C@@H](C)CN1C(=O)c1ccco1. The second-order valence-corrected chi connectivity index (χ2v) is 5.57. The average molecular weight is 302 g/mol. The van der Waals surface area contributed by atoms with Gasteiger partial charge >= 0.3 is 0 Å². The van der Waals surface area contributed by atoms with Crippen molar-refractivity contribution < 1.29 is 18.4 Å². The molecule has 2 amide bonds. The Balaban J connectivity index is 1.74. The molecule has 22 heavy (non-hydrogen) atoms. The van der Waals surface area contributed by atoms with Crippen LogP contribution in [0, 0.1) is 0 Å². The second kappa shape index (κ2) is 5.71. The van der Waals surface area contributed by atoms with Gasteiger partial charge in [0.15, 0.2) is 11.5 Å². The van der Waals surface area contributed by atoms with E-state index in [2.05, 4.69) is 0 Å². The van der Waals surface area contributed by atoms with E-state index >= 15 is 0 Å². The largest absolute Gasteiger partial charge is 0.459 e. The zero-order chi connectivity index (χ0) is 15.7. The molecule has 1 aliphatic heterocycles. The van der Waals surface area contributed by atoms with E-state index in [-0.39, 0.29) is 23.9 Å². The first kappa shape index (κ1) is 14.4. The van der Waals surface area contributed by atoms with Gasteiger partial charge in [-0.2, -0.15) is 0 Å². The van der Waals surface area contributed by atoms with Crippen LogP contribution >= 0.6 is 0 Å². The molecule has 0 unspecified atom stereocenters. The molecule has 0 spiro atoms. The molecule has 0 aliphatic carbocycles. The minimum absolute atomic E-state index is 0.0901. The van der Waals surface area contributed by atoms with E-state index in [4.69, 9.17) is 8.83 Å². The van der Waals surface area contributed by atoms with Gasteiger partial charge in [0.25, 0.3) is 11.8 Å². The normalized spacial score (nSPS) is 21.9. The lowest BCUT2D eigenvalue weighted by atomic mass is 10.1. The molecule has 1 saturated heterocycles. The lowest BCUT2D eigenvalue weighted by Gasteiger charge is -2.43. The lowest BCUT2D eigenvalue weighted by molar-refractivity contribution is 0.0238. The molecule has 2 aromatic heterocycles. The van der Waals surface area contributed by atoms with Crippen LogP contribution in [0.5, 0.6) is 0 Å². The first-order valence-corrected chi connectivity index (χ1v) is 7.27. The molecular weight excluding hydrogens is 284 g/mol. The van der Waals surface area contributed by atoms with Crippen LogP contribution in [0.1, 0.15) is 35.0 Å². The summed E-state index contributed by atoms with van der Waals surface area (Å²) in [5, 5.41) is 0. The first-order valence-electron chi connectivity index (χ1n) is 7.27. The zero-order valence-electron chi connectivity index (χ0n) is 12.6. The maximum atomic E-state index is 12.4. The highest BCUT2D eigenvalue weighted by Gasteiger charge is 2.36. The highest BCUT2D eigenvalue weighted by Crippen LogP contribution is 2.20. The predicted octanol–water partition coefficient (Wildman–Crippen LogP) is 2.25. The Morgan fingerprint density at radius 2 is 1.32 bits per heavy atom. The molecule has 116 valence electrons. The number of carbonyl (C=O) groups excluding carboxylic acids is 2. The predicted molar refractivity (Wildman–Crippen MR) is 78.4 cm³/mol. The molecule has 0 radical (unpaired) electrons. The molecule has 0 N–H and O–H groups in total. The number of nitrogens with zero attached hydrogens (tertiary/aromatic N) is 2. The van der Waals surface area contributed by atoms with Gasteiger partial charge in [0, 0.05) is 25.2 Å². The van der Waals surface area contributed by atoms with Crippen molar-refractivity contribution in [1.29, 1.82) is 0 Å². The summed E-state index contributed by atoms with van der Waals surface area (Å²) in [6.07, 6.45) is 2.97. The molecule has 3 rings (SSSR count). The Labute approximate surface area is 128 Å². The maximum absolute atomic E-state index is 12.4. The number of piperazine rings is 1. The van der Waals surface area contributed by atoms with Gasteiger partial charge in [-0.15, -0.1) is 0 Å². The van der Waals surface area contributed by atoms with E-state index in [9.17, 15) is 9.59 Å². The smallest absolute Gasteiger partial charge is 0.289 e. The maximum Gasteiger partial charge on any atom is 0.289 e. The Morgan fingerprint density at radius 3 is 1.64 bits per heavy atom. The van der Waals surface area contributed by atoms with Crippen LogP contribution in [-0.4, -0.2) is 46.8 Å². The van der Waals surface area contributed by atoms with Crippen molar-refractivity contribution in [1.82, 2.24) is 9.80 Å². The van der Waals surface area contributed by atoms with Gasteiger partial charge in [0.1, 0.15) is 0 Å². The molecule has 0 saturated carbocycles. The van der Waals surface area contributed by atoms with E-state index in [0.29, 0.717) is 24.6 Å². The van der Waals surface area contributed by atoms with Crippen LogP contribution in [0.3, 0.4) is 0 Å². The highest BCUT2D eigenvalue weighted by molar-refractivity contribution is 5.93. The Bertz CT molecular complexity index is 590. The van der Waals surface area contributed by atoms with Crippen molar-refractivity contribution in [3.05, 3.63) is 48.3 Å². The summed E-state index contributed by atoms with van der Waals surface area (Å²) in [5.74, 6) is 0.360. The van der Waals surface area contributed by atoms with Crippen LogP contribution in [0.25, 0.3) is 0 Å². The molecular formula is C16H18N2O4. The van der Waals surface area contributed by atoms with Gasteiger partial charge in [0.05, 0.1) is 12.5 Å². The van der Waals surface area contributed by atoms with Gasteiger partial charge in [-0.3, -0.25) is 9.59 Å². The van der Waals surface area contributed by atoms with Crippen molar-refractivity contribution in [2.24, 2.45) is 0 Å². The number of hydrogen-bond acceptors (Lipinski definition) is 4. The number of amides is 2. The topological polar surface area (TPSA) is 66.9 Å². The molecule has 3 heterocycles. The van der Waals surface area contributed by atoms with E-state index in [1.807, 2.05) is 13.8 Å². The summed E-state index contributed by atoms with van der Waals surface area (Å²) in [6.45, 7) is 4.78. The Morgan fingerprint density at radius 1 is 0.909 bits per heavy atom. The molecule has 6 heteroatoms. The van der Waals surface area contributed by atoms with Crippen molar-refractivity contribution >= 4 is 11.8 Å². The molecule has 0 aromatic carbocycles. The molecule has 0 bridgehead atoms. The molecule has 1 fully saturated rings. The second-order valence-electron chi connectivity index (χ2n) is 5.57. The molecule has 2 aromatic rings. The summed E-state index contributed by atoms with van der Waals surface area (Å²) < 4.78 is 10.4. The third-order valence-corrected chi connectivity index (χ3v) is 3.97. The summed E-state index contributed by atoms with van der Waals surface area (Å²) >= 11 is 0. The van der Waals surface area contributed by atoms with Gasteiger partial charge < -0.3 is 18.6 Å². The van der Waals surface area contributed by atoms with E-state index in [1.54, 1.807) is 34.1 Å². The Kier molecular flexibility index (Phi) is 3.75. The summed E-state index contributed by atoms with van der Waals surface area (Å²) in [7, 11) is 0. The van der Waals surface area contributed by atoms with Crippen LogP contribution in [0.2, 0.25) is 0 Å². The summed E-state index contributed by atoms with van der Waals surface area (Å²) in [5.41, 5.74) is 0. The molecule has 6 nitrogen and oxygen atoms in total. The fraction of sp³-hybridized carbons (Fsp3) is 0.375. The van der Waals surface area contributed by atoms with E-state index in [0.717, 1.165) is 0 Å². The number of furan rings is 2. The third kappa shape index (κ3) is 2.52. The monoisotopic (exact) mass is 302 g/mol. The van der Waals surface area contributed by atoms with Crippen LogP contribution in [-0.2, 0) is 0 Å². The fourth-order valence-electron chi connectivity index (χ4n) is 2.78. The number of rotatable bonds is 2. The van der Waals surface area contributed by atoms with Crippen molar-refractivity contribution in [2.45, 2.75) is 25.9 Å². The zero-order valence-corrected chi connectivity index (χ0v) is 12.6. The van der Waals surface area contributed by atoms with Crippen LogP contribution < -0.4 is 0 Å². The van der Waals surface area contributed by atoms with Crippen molar-refractivity contribution in [3.63, 3.8) is 0 Å². The quantitative estimate of drug-likeness (QED) is 0.853. The average Bonchev–Trinajstić information content (AvgIpc) is 3.20. The van der Waals surface area contributed by atoms with Gasteiger partial charge in [0.2, 0.25) is 0 Å². The number of carbonyl (C=O) groups is 2. The lowest BCUT2D eigenvalue weighted by Crippen LogP contribution is -2.59. The molecule has 1 aliphatic rings. The minimum Gasteiger partial charge on any atom is -0.459 e. The fourth-order valence-corrected chi connectivity index (χ4v) is 2.78.